The molecule has 0 bridgehead atoms. The van der Waals surface area contributed by atoms with Gasteiger partial charge in [-0.05, 0) is 14.1 Å². The van der Waals surface area contributed by atoms with E-state index in [-0.39, 0.29) is 0 Å². The van der Waals surface area contributed by atoms with E-state index in [1.165, 1.54) is 0 Å². The number of likely N-dealkylation sites (N-methyl/N-ethyl adjacent to an activating group) is 1. The lowest BCUT2D eigenvalue weighted by molar-refractivity contribution is 0.136. The molecule has 0 saturated carbocycles. The molecule has 7 heavy (non-hydrogen) atoms. The van der Waals surface area contributed by atoms with Crippen LogP contribution >= 0.6 is 0 Å². The van der Waals surface area contributed by atoms with Crippen LogP contribution in [0.3, 0.4) is 0 Å². The van der Waals surface area contributed by atoms with E-state index in [4.69, 9.17) is 10.8 Å². The van der Waals surface area contributed by atoms with Crippen LogP contribution in [-0.4, -0.2) is 36.9 Å². The minimum Gasteiger partial charge on any atom is -0.376 e. The highest BCUT2D eigenvalue weighted by Gasteiger charge is 1.95. The van der Waals surface area contributed by atoms with Gasteiger partial charge in [0.05, 0.1) is 0 Å². The Bertz CT molecular complexity index is 39.0. The number of hydrogen-bond acceptors (Lipinski definition) is 2. The van der Waals surface area contributed by atoms with Gasteiger partial charge in [0, 0.05) is 6.54 Å². The van der Waals surface area contributed by atoms with Crippen molar-refractivity contribution in [3.05, 3.63) is 0 Å². The second-order valence-corrected chi connectivity index (χ2v) is 1.78. The smallest absolute Gasteiger partial charge is 0.130 e. The van der Waals surface area contributed by atoms with Gasteiger partial charge in [-0.2, -0.15) is 0 Å². The summed E-state index contributed by atoms with van der Waals surface area (Å²) in [6, 6.07) is 0. The molecule has 43 valence electrons. The highest BCUT2D eigenvalue weighted by molar-refractivity contribution is 4.45. The largest absolute Gasteiger partial charge is 0.376 e. The standard InChI is InChI=1S/C4H11N2O/c1-6(2)3-4(5)7/h4-5,7H,3H2,1-2H3. The van der Waals surface area contributed by atoms with Crippen LogP contribution in [0.25, 0.3) is 0 Å². The van der Waals surface area contributed by atoms with Crippen LogP contribution in [0, 0.1) is 0 Å². The van der Waals surface area contributed by atoms with Gasteiger partial charge < -0.3 is 10.0 Å². The summed E-state index contributed by atoms with van der Waals surface area (Å²) < 4.78 is 0. The molecule has 0 spiro atoms. The van der Waals surface area contributed by atoms with Gasteiger partial charge in [0.25, 0.3) is 0 Å². The molecular weight excluding hydrogens is 92.1 g/mol. The summed E-state index contributed by atoms with van der Waals surface area (Å²) in [6.45, 7) is 0.417. The number of aliphatic hydroxyl groups excluding tert-OH is 1. The molecule has 0 aliphatic rings. The average Bonchev–Trinajstić information content (AvgIpc) is 1.27. The highest BCUT2D eigenvalue weighted by Crippen LogP contribution is 1.75. The van der Waals surface area contributed by atoms with E-state index in [0.29, 0.717) is 6.54 Å². The minimum absolute atomic E-state index is 0.417. The predicted octanol–water partition coefficient (Wildman–Crippen LogP) is -0.851. The van der Waals surface area contributed by atoms with Crippen LogP contribution < -0.4 is 5.73 Å². The summed E-state index contributed by atoms with van der Waals surface area (Å²) in [5.74, 6) is 0. The molecule has 0 aromatic heterocycles. The lowest BCUT2D eigenvalue weighted by Crippen LogP contribution is -2.26. The van der Waals surface area contributed by atoms with E-state index in [9.17, 15) is 0 Å². The summed E-state index contributed by atoms with van der Waals surface area (Å²) in [5, 5.41) is 8.35. The molecule has 0 aliphatic heterocycles. The van der Waals surface area contributed by atoms with Gasteiger partial charge in [0.1, 0.15) is 6.23 Å². The molecule has 0 heterocycles. The van der Waals surface area contributed by atoms with Crippen LogP contribution in [0.5, 0.6) is 0 Å². The first-order valence-electron chi connectivity index (χ1n) is 2.17. The van der Waals surface area contributed by atoms with Crippen molar-refractivity contribution in [2.75, 3.05) is 20.6 Å². The molecule has 0 aromatic carbocycles. The monoisotopic (exact) mass is 103 g/mol. The highest BCUT2D eigenvalue weighted by atomic mass is 16.3. The van der Waals surface area contributed by atoms with Crippen molar-refractivity contribution in [2.24, 2.45) is 0 Å². The number of hydrogen-bond donors (Lipinski definition) is 1. The van der Waals surface area contributed by atoms with E-state index < -0.39 is 6.23 Å². The second-order valence-electron chi connectivity index (χ2n) is 1.78. The quantitative estimate of drug-likeness (QED) is 0.495. The third-order valence-electron chi connectivity index (χ3n) is 0.538. The zero-order valence-corrected chi connectivity index (χ0v) is 4.68. The minimum atomic E-state index is -0.949. The van der Waals surface area contributed by atoms with Crippen molar-refractivity contribution in [3.63, 3.8) is 0 Å². The van der Waals surface area contributed by atoms with Crippen molar-refractivity contribution >= 4 is 0 Å². The maximum Gasteiger partial charge on any atom is 0.130 e. The molecule has 1 atom stereocenters. The van der Waals surface area contributed by atoms with Gasteiger partial charge in [0.2, 0.25) is 0 Å². The van der Waals surface area contributed by atoms with Gasteiger partial charge in [-0.3, -0.25) is 0 Å². The molecular formula is C4H11N2O. The Morgan fingerprint density at radius 3 is 2.14 bits per heavy atom. The Hall–Kier alpha value is -0.120. The second kappa shape index (κ2) is 2.96. The maximum atomic E-state index is 8.35. The van der Waals surface area contributed by atoms with Crippen LogP contribution in [0.15, 0.2) is 0 Å². The van der Waals surface area contributed by atoms with Crippen molar-refractivity contribution in [2.45, 2.75) is 6.23 Å². The zero-order chi connectivity index (χ0) is 5.86. The Kier molecular flexibility index (Phi) is 2.91. The fourth-order valence-corrected chi connectivity index (χ4v) is 0.346. The van der Waals surface area contributed by atoms with Gasteiger partial charge >= 0.3 is 0 Å². The molecule has 3 heteroatoms. The third kappa shape index (κ3) is 5.88. The van der Waals surface area contributed by atoms with E-state index in [1.54, 1.807) is 4.90 Å². The normalized spacial score (nSPS) is 15.0. The van der Waals surface area contributed by atoms with Crippen LogP contribution in [0.1, 0.15) is 0 Å². The fourth-order valence-electron chi connectivity index (χ4n) is 0.346. The Morgan fingerprint density at radius 2 is 2.14 bits per heavy atom. The topological polar surface area (TPSA) is 47.3 Å². The molecule has 0 aliphatic carbocycles. The lowest BCUT2D eigenvalue weighted by atomic mass is 10.5. The molecule has 3 nitrogen and oxygen atoms in total. The summed E-state index contributed by atoms with van der Waals surface area (Å²) in [7, 11) is 3.63. The molecule has 1 unspecified atom stereocenters. The molecule has 1 radical (unpaired) electrons. The number of nitrogens with one attached hydrogen (secondary N) is 1. The Morgan fingerprint density at radius 1 is 1.71 bits per heavy atom. The Labute approximate surface area is 43.7 Å². The van der Waals surface area contributed by atoms with E-state index >= 15 is 0 Å². The van der Waals surface area contributed by atoms with Crippen LogP contribution in [0.2, 0.25) is 0 Å². The van der Waals surface area contributed by atoms with Gasteiger partial charge in [0.15, 0.2) is 0 Å². The van der Waals surface area contributed by atoms with Crippen LogP contribution in [0.4, 0.5) is 0 Å². The van der Waals surface area contributed by atoms with E-state index in [1.807, 2.05) is 14.1 Å². The first kappa shape index (κ1) is 6.88. The van der Waals surface area contributed by atoms with Crippen LogP contribution in [-0.2, 0) is 0 Å². The summed E-state index contributed by atoms with van der Waals surface area (Å²) in [5.41, 5.74) is 6.62. The molecule has 0 aromatic rings. The van der Waals surface area contributed by atoms with Crippen molar-refractivity contribution in [1.82, 2.24) is 10.6 Å². The Balaban J connectivity index is 2.95. The number of rotatable bonds is 2. The van der Waals surface area contributed by atoms with Crippen molar-refractivity contribution < 1.29 is 5.11 Å². The van der Waals surface area contributed by atoms with Crippen molar-refractivity contribution in [1.29, 1.82) is 0 Å². The number of nitrogens with zero attached hydrogens (tertiary/aromatic N) is 1. The summed E-state index contributed by atoms with van der Waals surface area (Å²) in [4.78, 5) is 1.76. The first-order valence-corrected chi connectivity index (χ1v) is 2.17. The van der Waals surface area contributed by atoms with E-state index in [2.05, 4.69) is 0 Å². The molecule has 2 N–H and O–H groups in total. The average molecular weight is 103 g/mol. The lowest BCUT2D eigenvalue weighted by Gasteiger charge is -2.09. The van der Waals surface area contributed by atoms with Gasteiger partial charge in [-0.1, -0.05) is 0 Å². The molecule has 0 rings (SSSR count). The predicted molar refractivity (Wildman–Crippen MR) is 27.7 cm³/mol. The molecule has 0 amide bonds. The third-order valence-corrected chi connectivity index (χ3v) is 0.538. The first-order chi connectivity index (χ1) is 3.13. The van der Waals surface area contributed by atoms with Gasteiger partial charge in [-0.25, -0.2) is 5.73 Å². The maximum absolute atomic E-state index is 8.35. The van der Waals surface area contributed by atoms with Crippen molar-refractivity contribution in [3.8, 4) is 0 Å². The summed E-state index contributed by atoms with van der Waals surface area (Å²) >= 11 is 0. The van der Waals surface area contributed by atoms with E-state index in [0.717, 1.165) is 0 Å². The number of aliphatic hydroxyl groups is 1. The fraction of sp³-hybridized carbons (Fsp3) is 1.00. The molecule has 0 fully saturated rings. The molecule has 0 saturated heterocycles. The van der Waals surface area contributed by atoms with Gasteiger partial charge in [-0.15, -0.1) is 0 Å². The zero-order valence-electron chi connectivity index (χ0n) is 4.68. The summed E-state index contributed by atoms with van der Waals surface area (Å²) in [6.07, 6.45) is -0.949. The SMILES string of the molecule is CN(C)CC([NH])O.